The lowest BCUT2D eigenvalue weighted by atomic mass is 9.95. The lowest BCUT2D eigenvalue weighted by Crippen LogP contribution is -2.14. The van der Waals surface area contributed by atoms with Crippen molar-refractivity contribution in [3.63, 3.8) is 0 Å². The molecule has 0 radical (unpaired) electrons. The largest absolute Gasteiger partial charge is 0.399 e. The van der Waals surface area contributed by atoms with E-state index in [1.807, 2.05) is 18.2 Å². The van der Waals surface area contributed by atoms with Gasteiger partial charge < -0.3 is 16.0 Å². The van der Waals surface area contributed by atoms with Crippen molar-refractivity contribution in [1.82, 2.24) is 9.55 Å². The van der Waals surface area contributed by atoms with Crippen molar-refractivity contribution in [3.05, 3.63) is 18.2 Å². The van der Waals surface area contributed by atoms with E-state index in [0.29, 0.717) is 12.0 Å². The lowest BCUT2D eigenvalue weighted by Gasteiger charge is -2.24. The van der Waals surface area contributed by atoms with Crippen molar-refractivity contribution in [1.29, 1.82) is 0 Å². The number of nitrogen functional groups attached to an aromatic ring is 2. The van der Waals surface area contributed by atoms with E-state index in [4.69, 9.17) is 11.5 Å². The Morgan fingerprint density at radius 1 is 1.12 bits per heavy atom. The maximum atomic E-state index is 6.05. The maximum Gasteiger partial charge on any atom is 0.201 e. The highest BCUT2D eigenvalue weighted by Gasteiger charge is 2.20. The van der Waals surface area contributed by atoms with Gasteiger partial charge in [-0.2, -0.15) is 0 Å². The zero-order chi connectivity index (χ0) is 11.8. The molecular formula is C13H18N4. The molecule has 4 nitrogen and oxygen atoms in total. The maximum absolute atomic E-state index is 6.05. The lowest BCUT2D eigenvalue weighted by molar-refractivity contribution is 0.363. The Bertz CT molecular complexity index is 538. The van der Waals surface area contributed by atoms with Gasteiger partial charge in [-0.3, -0.25) is 0 Å². The number of rotatable bonds is 1. The summed E-state index contributed by atoms with van der Waals surface area (Å²) in [6.45, 7) is 0. The van der Waals surface area contributed by atoms with E-state index in [1.54, 1.807) is 0 Å². The molecule has 4 N–H and O–H groups in total. The topological polar surface area (TPSA) is 69.9 Å². The van der Waals surface area contributed by atoms with Crippen LogP contribution in [-0.2, 0) is 0 Å². The third kappa shape index (κ3) is 1.73. The van der Waals surface area contributed by atoms with E-state index in [0.717, 1.165) is 16.7 Å². The predicted octanol–water partition coefficient (Wildman–Crippen LogP) is 2.71. The molecule has 1 saturated carbocycles. The molecule has 0 bridgehead atoms. The fourth-order valence-corrected chi connectivity index (χ4v) is 2.86. The normalized spacial score (nSPS) is 17.6. The molecule has 2 aromatic rings. The van der Waals surface area contributed by atoms with E-state index < -0.39 is 0 Å². The molecule has 0 spiro atoms. The van der Waals surface area contributed by atoms with Gasteiger partial charge in [0.1, 0.15) is 0 Å². The van der Waals surface area contributed by atoms with Gasteiger partial charge in [-0.25, -0.2) is 4.98 Å². The minimum absolute atomic E-state index is 0.511. The number of nitrogens with zero attached hydrogens (tertiary/aromatic N) is 2. The number of hydrogen-bond acceptors (Lipinski definition) is 3. The standard InChI is InChI=1S/C13H18N4/c14-9-6-7-12-11(8-9)16-13(15)17(12)10-4-2-1-3-5-10/h6-8,10H,1-5,14H2,(H2,15,16). The Labute approximate surface area is 101 Å². The van der Waals surface area contributed by atoms with Crippen LogP contribution in [0.25, 0.3) is 11.0 Å². The van der Waals surface area contributed by atoms with Gasteiger partial charge in [-0.05, 0) is 31.0 Å². The number of imidazole rings is 1. The van der Waals surface area contributed by atoms with E-state index in [1.165, 1.54) is 32.1 Å². The second-order valence-corrected chi connectivity index (χ2v) is 4.88. The van der Waals surface area contributed by atoms with Crippen LogP contribution in [0, 0.1) is 0 Å². The van der Waals surface area contributed by atoms with E-state index in [-0.39, 0.29) is 0 Å². The Balaban J connectivity index is 2.11. The first-order chi connectivity index (χ1) is 8.25. The van der Waals surface area contributed by atoms with Gasteiger partial charge in [0.05, 0.1) is 11.0 Å². The van der Waals surface area contributed by atoms with Gasteiger partial charge in [0.2, 0.25) is 5.95 Å². The van der Waals surface area contributed by atoms with E-state index >= 15 is 0 Å². The van der Waals surface area contributed by atoms with Crippen LogP contribution in [0.3, 0.4) is 0 Å². The molecule has 0 saturated heterocycles. The Morgan fingerprint density at radius 2 is 1.88 bits per heavy atom. The smallest absolute Gasteiger partial charge is 0.201 e. The molecule has 1 aromatic carbocycles. The molecule has 1 aliphatic rings. The first kappa shape index (κ1) is 10.4. The molecule has 1 heterocycles. The van der Waals surface area contributed by atoms with Crippen LogP contribution in [0.15, 0.2) is 18.2 Å². The predicted molar refractivity (Wildman–Crippen MR) is 70.7 cm³/mol. The second kappa shape index (κ2) is 3.95. The zero-order valence-electron chi connectivity index (χ0n) is 9.89. The van der Waals surface area contributed by atoms with E-state index in [9.17, 15) is 0 Å². The van der Waals surface area contributed by atoms with Crippen molar-refractivity contribution in [2.45, 2.75) is 38.1 Å². The zero-order valence-corrected chi connectivity index (χ0v) is 9.89. The average Bonchev–Trinajstić information content (AvgIpc) is 2.65. The summed E-state index contributed by atoms with van der Waals surface area (Å²) in [5.41, 5.74) is 14.6. The molecule has 90 valence electrons. The SMILES string of the molecule is Nc1ccc2c(c1)nc(N)n2C1CCCCC1. The van der Waals surface area contributed by atoms with Crippen molar-refractivity contribution in [2.24, 2.45) is 0 Å². The van der Waals surface area contributed by atoms with Gasteiger partial charge in [0.25, 0.3) is 0 Å². The highest BCUT2D eigenvalue weighted by Crippen LogP contribution is 2.33. The monoisotopic (exact) mass is 230 g/mol. The van der Waals surface area contributed by atoms with E-state index in [2.05, 4.69) is 9.55 Å². The molecule has 0 atom stereocenters. The minimum Gasteiger partial charge on any atom is -0.399 e. The Kier molecular flexibility index (Phi) is 2.42. The first-order valence-corrected chi connectivity index (χ1v) is 6.28. The summed E-state index contributed by atoms with van der Waals surface area (Å²) in [7, 11) is 0. The summed E-state index contributed by atoms with van der Waals surface area (Å²) in [6, 6.07) is 6.36. The van der Waals surface area contributed by atoms with Gasteiger partial charge >= 0.3 is 0 Å². The first-order valence-electron chi connectivity index (χ1n) is 6.28. The quantitative estimate of drug-likeness (QED) is 0.740. The molecule has 1 aromatic heterocycles. The third-order valence-corrected chi connectivity index (χ3v) is 3.68. The third-order valence-electron chi connectivity index (χ3n) is 3.68. The minimum atomic E-state index is 0.511. The van der Waals surface area contributed by atoms with Crippen molar-refractivity contribution in [2.75, 3.05) is 11.5 Å². The highest BCUT2D eigenvalue weighted by molar-refractivity contribution is 5.81. The van der Waals surface area contributed by atoms with Crippen molar-refractivity contribution in [3.8, 4) is 0 Å². The average molecular weight is 230 g/mol. The molecule has 3 rings (SSSR count). The number of anilines is 2. The van der Waals surface area contributed by atoms with Crippen LogP contribution >= 0.6 is 0 Å². The fourth-order valence-electron chi connectivity index (χ4n) is 2.86. The van der Waals surface area contributed by atoms with Gasteiger partial charge in [-0.1, -0.05) is 19.3 Å². The Morgan fingerprint density at radius 3 is 2.65 bits per heavy atom. The number of benzene rings is 1. The summed E-state index contributed by atoms with van der Waals surface area (Å²) in [5, 5.41) is 0. The summed E-state index contributed by atoms with van der Waals surface area (Å²) in [4.78, 5) is 4.41. The van der Waals surface area contributed by atoms with Crippen LogP contribution in [-0.4, -0.2) is 9.55 Å². The van der Waals surface area contributed by atoms with Gasteiger partial charge in [-0.15, -0.1) is 0 Å². The molecule has 0 amide bonds. The Hall–Kier alpha value is -1.71. The molecule has 1 aliphatic carbocycles. The van der Waals surface area contributed by atoms with Crippen LogP contribution in [0.2, 0.25) is 0 Å². The summed E-state index contributed by atoms with van der Waals surface area (Å²) in [5.74, 6) is 0.623. The molecule has 0 aliphatic heterocycles. The number of nitrogens with two attached hydrogens (primary N) is 2. The summed E-state index contributed by atoms with van der Waals surface area (Å²) >= 11 is 0. The van der Waals surface area contributed by atoms with Crippen LogP contribution in [0.5, 0.6) is 0 Å². The molecule has 17 heavy (non-hydrogen) atoms. The summed E-state index contributed by atoms with van der Waals surface area (Å²) in [6.07, 6.45) is 6.34. The van der Waals surface area contributed by atoms with Crippen molar-refractivity contribution >= 4 is 22.7 Å². The number of aromatic nitrogens is 2. The summed E-state index contributed by atoms with van der Waals surface area (Å²) < 4.78 is 2.19. The fraction of sp³-hybridized carbons (Fsp3) is 0.462. The molecule has 4 heteroatoms. The second-order valence-electron chi connectivity index (χ2n) is 4.88. The molecular weight excluding hydrogens is 212 g/mol. The number of fused-ring (bicyclic) bond motifs is 1. The van der Waals surface area contributed by atoms with Gasteiger partial charge in [0.15, 0.2) is 0 Å². The number of hydrogen-bond donors (Lipinski definition) is 2. The molecule has 1 fully saturated rings. The van der Waals surface area contributed by atoms with Gasteiger partial charge in [0, 0.05) is 11.7 Å². The van der Waals surface area contributed by atoms with Crippen LogP contribution in [0.1, 0.15) is 38.1 Å². The van der Waals surface area contributed by atoms with Crippen LogP contribution in [0.4, 0.5) is 11.6 Å². The highest BCUT2D eigenvalue weighted by atomic mass is 15.2. The van der Waals surface area contributed by atoms with Crippen LogP contribution < -0.4 is 11.5 Å². The molecule has 0 unspecified atom stereocenters. The van der Waals surface area contributed by atoms with Crippen molar-refractivity contribution < 1.29 is 0 Å².